The molecule has 0 aliphatic heterocycles. The molecule has 1 nitrogen and oxygen atoms in total. The highest BCUT2D eigenvalue weighted by atomic mass is 19.1. The topological polar surface area (TPSA) is 26.0 Å². The smallest absolute Gasteiger partial charge is 0.114 e. The molecule has 0 bridgehead atoms. The van der Waals surface area contributed by atoms with E-state index in [0.717, 1.165) is 12.8 Å². The standard InChI is InChI=1S/C9H18FN/c1-7(6-11)9(2,10)8-4-3-5-8/h7-8H,3-6,11H2,1-2H3. The third-order valence-electron chi connectivity index (χ3n) is 3.22. The summed E-state index contributed by atoms with van der Waals surface area (Å²) in [6, 6.07) is 0. The lowest BCUT2D eigenvalue weighted by molar-refractivity contribution is 0.00411. The maximum atomic E-state index is 13.8. The first-order chi connectivity index (χ1) is 5.09. The van der Waals surface area contributed by atoms with Gasteiger partial charge in [-0.15, -0.1) is 0 Å². The fourth-order valence-electron chi connectivity index (χ4n) is 1.61. The molecule has 1 fully saturated rings. The van der Waals surface area contributed by atoms with Crippen molar-refractivity contribution in [2.24, 2.45) is 17.6 Å². The van der Waals surface area contributed by atoms with Gasteiger partial charge in [0.15, 0.2) is 0 Å². The van der Waals surface area contributed by atoms with E-state index in [1.165, 1.54) is 6.42 Å². The highest BCUT2D eigenvalue weighted by Gasteiger charge is 2.41. The van der Waals surface area contributed by atoms with E-state index < -0.39 is 5.67 Å². The van der Waals surface area contributed by atoms with Gasteiger partial charge in [0.25, 0.3) is 0 Å². The predicted molar refractivity (Wildman–Crippen MR) is 45.1 cm³/mol. The molecule has 0 aromatic heterocycles. The van der Waals surface area contributed by atoms with Crippen molar-refractivity contribution >= 4 is 0 Å². The van der Waals surface area contributed by atoms with E-state index >= 15 is 0 Å². The number of hydrogen-bond donors (Lipinski definition) is 1. The summed E-state index contributed by atoms with van der Waals surface area (Å²) in [6.07, 6.45) is 3.30. The van der Waals surface area contributed by atoms with Gasteiger partial charge in [0.2, 0.25) is 0 Å². The molecule has 0 spiro atoms. The van der Waals surface area contributed by atoms with Gasteiger partial charge in [-0.25, -0.2) is 4.39 Å². The van der Waals surface area contributed by atoms with Crippen LogP contribution in [0, 0.1) is 11.8 Å². The highest BCUT2D eigenvalue weighted by molar-refractivity contribution is 4.91. The van der Waals surface area contributed by atoms with E-state index in [1.807, 2.05) is 6.92 Å². The zero-order valence-corrected chi connectivity index (χ0v) is 7.44. The Kier molecular flexibility index (Phi) is 2.53. The fourth-order valence-corrected chi connectivity index (χ4v) is 1.61. The Morgan fingerprint density at radius 2 is 2.18 bits per heavy atom. The number of hydrogen-bond acceptors (Lipinski definition) is 1. The molecule has 2 N–H and O–H groups in total. The molecule has 0 heterocycles. The van der Waals surface area contributed by atoms with Crippen molar-refractivity contribution in [3.8, 4) is 0 Å². The Labute approximate surface area is 68.2 Å². The number of rotatable bonds is 3. The van der Waals surface area contributed by atoms with Gasteiger partial charge in [0.05, 0.1) is 0 Å². The molecular weight excluding hydrogens is 141 g/mol. The molecule has 2 unspecified atom stereocenters. The van der Waals surface area contributed by atoms with Crippen molar-refractivity contribution in [2.45, 2.75) is 38.8 Å². The van der Waals surface area contributed by atoms with Gasteiger partial charge in [-0.05, 0) is 32.2 Å². The summed E-state index contributed by atoms with van der Waals surface area (Å²) >= 11 is 0. The van der Waals surface area contributed by atoms with Crippen molar-refractivity contribution in [1.82, 2.24) is 0 Å². The SMILES string of the molecule is CC(CN)C(C)(F)C1CCC1. The Morgan fingerprint density at radius 3 is 2.45 bits per heavy atom. The molecule has 0 aromatic rings. The highest BCUT2D eigenvalue weighted by Crippen LogP contribution is 2.42. The van der Waals surface area contributed by atoms with Gasteiger partial charge in [-0.3, -0.25) is 0 Å². The molecule has 0 amide bonds. The summed E-state index contributed by atoms with van der Waals surface area (Å²) < 4.78 is 13.8. The number of nitrogens with two attached hydrogens (primary N) is 1. The van der Waals surface area contributed by atoms with Crippen LogP contribution < -0.4 is 5.73 Å². The normalized spacial score (nSPS) is 27.3. The minimum Gasteiger partial charge on any atom is -0.330 e. The van der Waals surface area contributed by atoms with Crippen molar-refractivity contribution in [2.75, 3.05) is 6.54 Å². The van der Waals surface area contributed by atoms with Crippen molar-refractivity contribution in [3.05, 3.63) is 0 Å². The molecule has 1 aliphatic carbocycles. The van der Waals surface area contributed by atoms with Crippen LogP contribution in [0.1, 0.15) is 33.1 Å². The van der Waals surface area contributed by atoms with Crippen LogP contribution in [0.4, 0.5) is 4.39 Å². The second kappa shape index (κ2) is 3.10. The van der Waals surface area contributed by atoms with E-state index in [9.17, 15) is 4.39 Å². The van der Waals surface area contributed by atoms with Crippen molar-refractivity contribution < 1.29 is 4.39 Å². The Balaban J connectivity index is 2.49. The third-order valence-corrected chi connectivity index (χ3v) is 3.22. The summed E-state index contributed by atoms with van der Waals surface area (Å²) in [7, 11) is 0. The molecule has 1 aliphatic rings. The van der Waals surface area contributed by atoms with Crippen LogP contribution >= 0.6 is 0 Å². The second-order valence-electron chi connectivity index (χ2n) is 3.92. The quantitative estimate of drug-likeness (QED) is 0.670. The summed E-state index contributed by atoms with van der Waals surface area (Å²) in [5.74, 6) is 0.286. The zero-order chi connectivity index (χ0) is 8.48. The molecule has 0 aromatic carbocycles. The third kappa shape index (κ3) is 1.56. The summed E-state index contributed by atoms with van der Waals surface area (Å²) in [6.45, 7) is 4.07. The summed E-state index contributed by atoms with van der Waals surface area (Å²) in [5, 5.41) is 0. The average molecular weight is 159 g/mol. The first-order valence-corrected chi connectivity index (χ1v) is 4.48. The summed E-state index contributed by atoms with van der Waals surface area (Å²) in [4.78, 5) is 0. The lowest BCUT2D eigenvalue weighted by Crippen LogP contribution is -2.43. The maximum absolute atomic E-state index is 13.8. The molecular formula is C9H18FN. The molecule has 11 heavy (non-hydrogen) atoms. The van der Waals surface area contributed by atoms with Gasteiger partial charge in [0, 0.05) is 5.92 Å². The fraction of sp³-hybridized carbons (Fsp3) is 1.00. The van der Waals surface area contributed by atoms with E-state index in [0.29, 0.717) is 6.54 Å². The van der Waals surface area contributed by atoms with E-state index in [-0.39, 0.29) is 11.8 Å². The van der Waals surface area contributed by atoms with Gasteiger partial charge in [-0.2, -0.15) is 0 Å². The van der Waals surface area contributed by atoms with Crippen molar-refractivity contribution in [1.29, 1.82) is 0 Å². The van der Waals surface area contributed by atoms with Crippen LogP contribution in [0.15, 0.2) is 0 Å². The molecule has 66 valence electrons. The van der Waals surface area contributed by atoms with Crippen LogP contribution in [-0.2, 0) is 0 Å². The lowest BCUT2D eigenvalue weighted by Gasteiger charge is -2.40. The Hall–Kier alpha value is -0.110. The first-order valence-electron chi connectivity index (χ1n) is 4.48. The number of alkyl halides is 1. The molecule has 2 heteroatoms. The predicted octanol–water partition coefficient (Wildman–Crippen LogP) is 2.11. The van der Waals surface area contributed by atoms with Crippen LogP contribution in [0.5, 0.6) is 0 Å². The minimum atomic E-state index is -1.02. The molecule has 1 rings (SSSR count). The van der Waals surface area contributed by atoms with Crippen LogP contribution in [0.3, 0.4) is 0 Å². The largest absolute Gasteiger partial charge is 0.330 e. The molecule has 0 radical (unpaired) electrons. The van der Waals surface area contributed by atoms with E-state index in [1.54, 1.807) is 6.92 Å². The second-order valence-corrected chi connectivity index (χ2v) is 3.92. The molecule has 1 saturated carbocycles. The van der Waals surface area contributed by atoms with E-state index in [4.69, 9.17) is 5.73 Å². The van der Waals surface area contributed by atoms with Crippen LogP contribution in [0.2, 0.25) is 0 Å². The minimum absolute atomic E-state index is 0.00722. The lowest BCUT2D eigenvalue weighted by atomic mass is 9.70. The molecule has 2 atom stereocenters. The van der Waals surface area contributed by atoms with Crippen LogP contribution in [-0.4, -0.2) is 12.2 Å². The average Bonchev–Trinajstić information content (AvgIpc) is 1.81. The maximum Gasteiger partial charge on any atom is 0.114 e. The monoisotopic (exact) mass is 159 g/mol. The first kappa shape index (κ1) is 8.98. The van der Waals surface area contributed by atoms with Gasteiger partial charge >= 0.3 is 0 Å². The number of halogens is 1. The van der Waals surface area contributed by atoms with Gasteiger partial charge < -0.3 is 5.73 Å². The van der Waals surface area contributed by atoms with Gasteiger partial charge in [-0.1, -0.05) is 13.3 Å². The van der Waals surface area contributed by atoms with Gasteiger partial charge in [0.1, 0.15) is 5.67 Å². The summed E-state index contributed by atoms with van der Waals surface area (Å²) in [5.41, 5.74) is 4.41. The van der Waals surface area contributed by atoms with Crippen LogP contribution in [0.25, 0.3) is 0 Å². The molecule has 0 saturated heterocycles. The Morgan fingerprint density at radius 1 is 1.64 bits per heavy atom. The van der Waals surface area contributed by atoms with Crippen molar-refractivity contribution in [3.63, 3.8) is 0 Å². The van der Waals surface area contributed by atoms with E-state index in [2.05, 4.69) is 0 Å². The Bertz CT molecular complexity index is 123. The zero-order valence-electron chi connectivity index (χ0n) is 7.44.